The van der Waals surface area contributed by atoms with E-state index in [9.17, 15) is 4.79 Å². The van der Waals surface area contributed by atoms with Crippen LogP contribution in [-0.2, 0) is 4.79 Å². The van der Waals surface area contributed by atoms with Crippen LogP contribution in [0.25, 0.3) is 0 Å². The third-order valence-corrected chi connectivity index (χ3v) is 6.93. The molecule has 43 heavy (non-hydrogen) atoms. The summed E-state index contributed by atoms with van der Waals surface area (Å²) in [6.45, 7) is 9.83. The summed E-state index contributed by atoms with van der Waals surface area (Å²) in [4.78, 5) is 38.2. The maximum absolute atomic E-state index is 13.1. The van der Waals surface area contributed by atoms with Crippen molar-refractivity contribution in [2.45, 2.75) is 38.1 Å². The van der Waals surface area contributed by atoms with Gasteiger partial charge < -0.3 is 4.74 Å². The van der Waals surface area contributed by atoms with Crippen LogP contribution in [0.2, 0.25) is 0 Å². The number of rotatable bonds is 13. The summed E-state index contributed by atoms with van der Waals surface area (Å²) >= 11 is 3.46. The molecule has 3 aromatic heterocycles. The monoisotopic (exact) mass is 640 g/mol. The highest BCUT2D eigenvalue weighted by Crippen LogP contribution is 2.38. The first-order chi connectivity index (χ1) is 20.7. The Bertz CT molecular complexity index is 1470. The second-order valence-corrected chi connectivity index (χ2v) is 12.6. The zero-order valence-electron chi connectivity index (χ0n) is 25.0. The topological polar surface area (TPSA) is 92.9 Å². The number of nitrogens with zero attached hydrogens (tertiary/aromatic N) is 6. The van der Waals surface area contributed by atoms with E-state index in [1.54, 1.807) is 44.9 Å². The number of ether oxygens (including phenoxy) is 1. The van der Waals surface area contributed by atoms with Crippen LogP contribution >= 0.6 is 15.9 Å². The zero-order valence-corrected chi connectivity index (χ0v) is 26.6. The Balaban J connectivity index is 1.72. The van der Waals surface area contributed by atoms with Crippen molar-refractivity contribution in [1.29, 1.82) is 0 Å². The molecule has 0 fully saturated rings. The average molecular weight is 642 g/mol. The summed E-state index contributed by atoms with van der Waals surface area (Å²) in [6.07, 6.45) is 8.86. The largest absolute Gasteiger partial charge is 0.425 e. The molecule has 0 saturated heterocycles. The first kappa shape index (κ1) is 31.8. The number of esters is 1. The van der Waals surface area contributed by atoms with Crippen molar-refractivity contribution in [3.8, 4) is 5.75 Å². The highest BCUT2D eigenvalue weighted by Gasteiger charge is 2.31. The fourth-order valence-electron chi connectivity index (χ4n) is 4.59. The molecule has 0 spiro atoms. The molecule has 4 rings (SSSR count). The van der Waals surface area contributed by atoms with Gasteiger partial charge in [-0.05, 0) is 69.7 Å². The van der Waals surface area contributed by atoms with Gasteiger partial charge in [-0.1, -0.05) is 51.8 Å². The van der Waals surface area contributed by atoms with Crippen LogP contribution in [0.3, 0.4) is 0 Å². The van der Waals surface area contributed by atoms with Crippen LogP contribution < -0.4 is 4.74 Å². The fourth-order valence-corrected chi connectivity index (χ4v) is 4.67. The van der Waals surface area contributed by atoms with Gasteiger partial charge in [0.2, 0.25) is 0 Å². The minimum absolute atomic E-state index is 0.323. The van der Waals surface area contributed by atoms with Crippen molar-refractivity contribution >= 4 is 34.3 Å². The smallest absolute Gasteiger partial charge is 0.327 e. The number of benzene rings is 1. The maximum Gasteiger partial charge on any atom is 0.327 e. The number of aryl methyl sites for hydroxylation is 2. The summed E-state index contributed by atoms with van der Waals surface area (Å²) in [6, 6.07) is 21.1. The molecule has 0 N–H and O–H groups in total. The number of aromatic nitrogens is 3. The number of hydrogen-bond acceptors (Lipinski definition) is 8. The number of halogens is 1. The average Bonchev–Trinajstić information content (AvgIpc) is 3.00. The summed E-state index contributed by atoms with van der Waals surface area (Å²) in [5.74, 6) is 0.171. The zero-order chi connectivity index (χ0) is 30.7. The molecule has 0 saturated carbocycles. The number of carbonyl (C=O) groups is 1. The Morgan fingerprint density at radius 2 is 1.44 bits per heavy atom. The normalized spacial score (nSPS) is 12.7. The van der Waals surface area contributed by atoms with Crippen LogP contribution in [0, 0.1) is 13.8 Å². The standard InChI is InChI=1S/C34H37BrN6O2/c1-25-21-26(2)32(43-33(42)34(3,4)35)29(22-25)31(30-13-7-10-16-40-30)41(19-17-36-23-27-11-5-8-14-38-27)20-18-37-24-28-12-6-9-15-39-28/h5-16,21-24,31H,17-20H2,1-4H3. The van der Waals surface area contributed by atoms with Gasteiger partial charge in [0.15, 0.2) is 0 Å². The molecule has 0 amide bonds. The van der Waals surface area contributed by atoms with Gasteiger partial charge in [0, 0.05) is 49.7 Å². The Morgan fingerprint density at radius 1 is 0.884 bits per heavy atom. The number of pyridine rings is 3. The van der Waals surface area contributed by atoms with Gasteiger partial charge >= 0.3 is 5.97 Å². The molecule has 0 aliphatic heterocycles. The van der Waals surface area contributed by atoms with Gasteiger partial charge in [0.25, 0.3) is 0 Å². The molecule has 0 radical (unpaired) electrons. The predicted molar refractivity (Wildman–Crippen MR) is 176 cm³/mol. The van der Waals surface area contributed by atoms with Crippen LogP contribution in [0.4, 0.5) is 0 Å². The van der Waals surface area contributed by atoms with Crippen LogP contribution in [0.1, 0.15) is 53.7 Å². The minimum atomic E-state index is -0.845. The number of hydrogen-bond donors (Lipinski definition) is 0. The molecule has 0 aliphatic carbocycles. The van der Waals surface area contributed by atoms with Crippen molar-refractivity contribution in [1.82, 2.24) is 19.9 Å². The third-order valence-electron chi connectivity index (χ3n) is 6.61. The van der Waals surface area contributed by atoms with E-state index in [0.717, 1.165) is 33.8 Å². The first-order valence-corrected chi connectivity index (χ1v) is 15.0. The SMILES string of the molecule is Cc1cc(C)c(OC(=O)C(C)(C)Br)c(C(c2ccccn2)N(CCN=Cc2ccccn2)CCN=Cc2ccccn2)c1. The van der Waals surface area contributed by atoms with Crippen molar-refractivity contribution in [2.75, 3.05) is 26.2 Å². The van der Waals surface area contributed by atoms with E-state index in [1.807, 2.05) is 74.5 Å². The number of aliphatic imine (C=N–C) groups is 2. The molecular formula is C34H37BrN6O2. The summed E-state index contributed by atoms with van der Waals surface area (Å²) < 4.78 is 5.25. The van der Waals surface area contributed by atoms with E-state index in [0.29, 0.717) is 31.9 Å². The summed E-state index contributed by atoms with van der Waals surface area (Å²) in [5.41, 5.74) is 5.25. The third kappa shape index (κ3) is 9.46. The Kier molecular flexibility index (Phi) is 11.4. The molecule has 1 unspecified atom stereocenters. The van der Waals surface area contributed by atoms with Gasteiger partial charge in [0.05, 0.1) is 36.2 Å². The minimum Gasteiger partial charge on any atom is -0.425 e. The molecule has 9 heteroatoms. The van der Waals surface area contributed by atoms with E-state index in [-0.39, 0.29) is 12.0 Å². The van der Waals surface area contributed by atoms with Crippen LogP contribution in [-0.4, -0.2) is 68.8 Å². The molecule has 0 bridgehead atoms. The lowest BCUT2D eigenvalue weighted by Gasteiger charge is -2.33. The number of carbonyl (C=O) groups excluding carboxylic acids is 1. The summed E-state index contributed by atoms with van der Waals surface area (Å²) in [7, 11) is 0. The lowest BCUT2D eigenvalue weighted by Crippen LogP contribution is -2.36. The second kappa shape index (κ2) is 15.4. The molecule has 8 nitrogen and oxygen atoms in total. The van der Waals surface area contributed by atoms with Crippen molar-refractivity contribution in [2.24, 2.45) is 9.98 Å². The van der Waals surface area contributed by atoms with E-state index in [2.05, 4.69) is 46.8 Å². The van der Waals surface area contributed by atoms with Crippen molar-refractivity contribution < 1.29 is 9.53 Å². The lowest BCUT2D eigenvalue weighted by molar-refractivity contribution is -0.136. The van der Waals surface area contributed by atoms with Crippen molar-refractivity contribution in [3.05, 3.63) is 119 Å². The number of alkyl halides is 1. The molecule has 222 valence electrons. The Labute approximate surface area is 262 Å². The van der Waals surface area contributed by atoms with Gasteiger partial charge in [-0.25, -0.2) is 0 Å². The van der Waals surface area contributed by atoms with Crippen LogP contribution in [0.15, 0.2) is 95.3 Å². The fraction of sp³-hybridized carbons (Fsp3) is 0.294. The molecule has 3 heterocycles. The highest BCUT2D eigenvalue weighted by atomic mass is 79.9. The highest BCUT2D eigenvalue weighted by molar-refractivity contribution is 9.10. The Morgan fingerprint density at radius 3 is 1.93 bits per heavy atom. The second-order valence-electron chi connectivity index (χ2n) is 10.6. The molecular weight excluding hydrogens is 604 g/mol. The quantitative estimate of drug-likeness (QED) is 0.0748. The van der Waals surface area contributed by atoms with Gasteiger partial charge in [-0.15, -0.1) is 0 Å². The van der Waals surface area contributed by atoms with E-state index in [4.69, 9.17) is 9.72 Å². The molecule has 1 aromatic carbocycles. The van der Waals surface area contributed by atoms with Gasteiger partial charge in [0.1, 0.15) is 10.1 Å². The maximum atomic E-state index is 13.1. The molecule has 4 aromatic rings. The van der Waals surface area contributed by atoms with Crippen LogP contribution in [0.5, 0.6) is 5.75 Å². The first-order valence-electron chi connectivity index (χ1n) is 14.2. The van der Waals surface area contributed by atoms with Crippen molar-refractivity contribution in [3.63, 3.8) is 0 Å². The summed E-state index contributed by atoms with van der Waals surface area (Å²) in [5, 5.41) is 0. The van der Waals surface area contributed by atoms with Gasteiger partial charge in [-0.2, -0.15) is 0 Å². The van der Waals surface area contributed by atoms with E-state index in [1.165, 1.54) is 0 Å². The predicted octanol–water partition coefficient (Wildman–Crippen LogP) is 6.20. The van der Waals surface area contributed by atoms with E-state index < -0.39 is 4.32 Å². The van der Waals surface area contributed by atoms with Gasteiger partial charge in [-0.3, -0.25) is 34.6 Å². The lowest BCUT2D eigenvalue weighted by atomic mass is 9.95. The molecule has 1 atom stereocenters. The van der Waals surface area contributed by atoms with E-state index >= 15 is 0 Å². The molecule has 0 aliphatic rings. The Hall–Kier alpha value is -4.08.